The minimum absolute atomic E-state index is 0.132. The van der Waals surface area contributed by atoms with Gasteiger partial charge >= 0.3 is 0 Å². The molecule has 1 fully saturated rings. The van der Waals surface area contributed by atoms with Gasteiger partial charge < -0.3 is 8.83 Å². The fourth-order valence-corrected chi connectivity index (χ4v) is 13.8. The van der Waals surface area contributed by atoms with Crippen molar-refractivity contribution >= 4 is 26.8 Å². The third kappa shape index (κ3) is 4.54. The van der Waals surface area contributed by atoms with Crippen LogP contribution >= 0.6 is 15.8 Å². The van der Waals surface area contributed by atoms with E-state index in [0.29, 0.717) is 16.0 Å². The van der Waals surface area contributed by atoms with E-state index in [1.54, 1.807) is 0 Å². The third-order valence-electron chi connectivity index (χ3n) is 5.82. The molecule has 2 nitrogen and oxygen atoms in total. The van der Waals surface area contributed by atoms with Crippen molar-refractivity contribution in [3.05, 3.63) is 36.8 Å². The van der Waals surface area contributed by atoms with Gasteiger partial charge in [0.25, 0.3) is 0 Å². The summed E-state index contributed by atoms with van der Waals surface area (Å²) in [4.78, 5) is 0. The average molecular weight is 406 g/mol. The van der Waals surface area contributed by atoms with Crippen molar-refractivity contribution in [2.24, 2.45) is 5.92 Å². The van der Waals surface area contributed by atoms with Crippen LogP contribution in [0, 0.1) is 5.92 Å². The summed E-state index contributed by atoms with van der Waals surface area (Å²) in [6.45, 7) is 17.2. The Bertz CT molecular complexity index is 644. The lowest BCUT2D eigenvalue weighted by atomic mass is 10.0. The van der Waals surface area contributed by atoms with Crippen molar-refractivity contribution < 1.29 is 8.83 Å². The Balaban J connectivity index is 1.95. The molecule has 0 bridgehead atoms. The Morgan fingerprint density at radius 3 is 1.81 bits per heavy atom. The van der Waals surface area contributed by atoms with Crippen LogP contribution in [-0.2, 0) is 0 Å². The van der Waals surface area contributed by atoms with Crippen molar-refractivity contribution in [1.29, 1.82) is 0 Å². The van der Waals surface area contributed by atoms with Crippen LogP contribution in [0.2, 0.25) is 0 Å². The van der Waals surface area contributed by atoms with Gasteiger partial charge in [0.05, 0.1) is 12.5 Å². The van der Waals surface area contributed by atoms with Gasteiger partial charge in [-0.15, -0.1) is 0 Å². The zero-order valence-electron chi connectivity index (χ0n) is 18.0. The molecular weight excluding hydrogens is 370 g/mol. The fourth-order valence-electron chi connectivity index (χ4n) is 5.52. The van der Waals surface area contributed by atoms with Crippen molar-refractivity contribution in [1.82, 2.24) is 0 Å². The van der Waals surface area contributed by atoms with E-state index in [1.807, 2.05) is 24.7 Å². The second kappa shape index (κ2) is 8.04. The molecule has 2 aromatic heterocycles. The Morgan fingerprint density at radius 1 is 0.889 bits per heavy atom. The van der Waals surface area contributed by atoms with Crippen LogP contribution in [0.5, 0.6) is 0 Å². The van der Waals surface area contributed by atoms with E-state index in [9.17, 15) is 0 Å². The SMILES string of the molecule is C[C@H](C1CCCC1P(c1ccco1)c1ccco1)P(C(C)(C)C)C(C)(C)C. The molecule has 0 spiro atoms. The first-order valence-corrected chi connectivity index (χ1v) is 13.1. The first-order valence-electron chi connectivity index (χ1n) is 10.3. The molecule has 0 saturated heterocycles. The van der Waals surface area contributed by atoms with Crippen LogP contribution in [0.1, 0.15) is 67.7 Å². The fraction of sp³-hybridized carbons (Fsp3) is 0.652. The van der Waals surface area contributed by atoms with Crippen LogP contribution in [-0.4, -0.2) is 21.6 Å². The van der Waals surface area contributed by atoms with Crippen molar-refractivity contribution in [3.8, 4) is 0 Å². The monoisotopic (exact) mass is 406 g/mol. The maximum Gasteiger partial charge on any atom is 0.133 e. The summed E-state index contributed by atoms with van der Waals surface area (Å²) in [5.74, 6) is 0.746. The molecule has 1 aliphatic carbocycles. The molecule has 27 heavy (non-hydrogen) atoms. The molecule has 0 amide bonds. The standard InChI is InChI=1S/C23H36O2P2/c1-17(27(22(2,3)4)23(5,6)7)18-11-8-12-19(18)26(20-13-9-15-24-20)21-14-10-16-25-21/h9-10,13-19H,8,11-12H2,1-7H3/t17-,18?,19?/m1/s1. The van der Waals surface area contributed by atoms with Gasteiger partial charge in [0.2, 0.25) is 0 Å². The molecule has 4 heteroatoms. The molecular formula is C23H36O2P2. The summed E-state index contributed by atoms with van der Waals surface area (Å²) in [7, 11) is -0.701. The second-order valence-electron chi connectivity index (χ2n) is 9.89. The first kappa shape index (κ1) is 21.1. The van der Waals surface area contributed by atoms with Gasteiger partial charge in [-0.25, -0.2) is 0 Å². The van der Waals surface area contributed by atoms with Gasteiger partial charge in [-0.1, -0.05) is 62.8 Å². The molecule has 2 unspecified atom stereocenters. The Kier molecular flexibility index (Phi) is 6.29. The van der Waals surface area contributed by atoms with E-state index in [1.165, 1.54) is 19.3 Å². The van der Waals surface area contributed by atoms with Gasteiger partial charge in [0.1, 0.15) is 11.0 Å². The highest BCUT2D eigenvalue weighted by Gasteiger charge is 2.47. The van der Waals surface area contributed by atoms with Gasteiger partial charge in [-0.3, -0.25) is 0 Å². The van der Waals surface area contributed by atoms with Crippen LogP contribution in [0.3, 0.4) is 0 Å². The zero-order chi connectivity index (χ0) is 19.8. The lowest BCUT2D eigenvalue weighted by Crippen LogP contribution is -2.37. The van der Waals surface area contributed by atoms with E-state index >= 15 is 0 Å². The predicted molar refractivity (Wildman–Crippen MR) is 121 cm³/mol. The maximum absolute atomic E-state index is 5.93. The molecule has 0 aliphatic heterocycles. The average Bonchev–Trinajstić information content (AvgIpc) is 3.28. The van der Waals surface area contributed by atoms with E-state index in [4.69, 9.17) is 8.83 Å². The van der Waals surface area contributed by atoms with E-state index < -0.39 is 7.92 Å². The zero-order valence-corrected chi connectivity index (χ0v) is 19.8. The Morgan fingerprint density at radius 2 is 1.41 bits per heavy atom. The largest absolute Gasteiger partial charge is 0.464 e. The molecule has 3 atom stereocenters. The maximum atomic E-state index is 5.93. The van der Waals surface area contributed by atoms with Crippen molar-refractivity contribution in [3.63, 3.8) is 0 Å². The van der Waals surface area contributed by atoms with E-state index in [2.05, 4.69) is 60.6 Å². The lowest BCUT2D eigenvalue weighted by molar-refractivity contribution is 0.522. The quantitative estimate of drug-likeness (QED) is 0.503. The summed E-state index contributed by atoms with van der Waals surface area (Å²) >= 11 is 0. The van der Waals surface area contributed by atoms with E-state index in [-0.39, 0.29) is 7.92 Å². The van der Waals surface area contributed by atoms with Crippen LogP contribution in [0.25, 0.3) is 0 Å². The van der Waals surface area contributed by atoms with Gasteiger partial charge in [-0.2, -0.15) is 0 Å². The molecule has 2 aromatic rings. The Hall–Kier alpha value is -0.580. The van der Waals surface area contributed by atoms with Crippen molar-refractivity contribution in [2.45, 2.75) is 89.4 Å². The van der Waals surface area contributed by atoms with E-state index in [0.717, 1.165) is 22.6 Å². The second-order valence-corrected chi connectivity index (χ2v) is 16.4. The van der Waals surface area contributed by atoms with Gasteiger partial charge in [0.15, 0.2) is 0 Å². The highest BCUT2D eigenvalue weighted by molar-refractivity contribution is 7.73. The first-order chi connectivity index (χ1) is 12.6. The minimum Gasteiger partial charge on any atom is -0.464 e. The highest BCUT2D eigenvalue weighted by atomic mass is 31.1. The lowest BCUT2D eigenvalue weighted by Gasteiger charge is -2.48. The van der Waals surface area contributed by atoms with Gasteiger partial charge in [-0.05, 0) is 64.7 Å². The molecule has 1 aliphatic rings. The molecule has 150 valence electrons. The Labute approximate surface area is 168 Å². The van der Waals surface area contributed by atoms with Crippen LogP contribution in [0.4, 0.5) is 0 Å². The molecule has 0 aromatic carbocycles. The predicted octanol–water partition coefficient (Wildman–Crippen LogP) is 6.94. The minimum atomic E-state index is -0.569. The molecule has 0 radical (unpaired) electrons. The number of furan rings is 2. The number of hydrogen-bond acceptors (Lipinski definition) is 2. The van der Waals surface area contributed by atoms with Crippen LogP contribution in [0.15, 0.2) is 45.6 Å². The number of rotatable bonds is 5. The molecule has 0 N–H and O–H groups in total. The molecule has 1 saturated carbocycles. The van der Waals surface area contributed by atoms with Crippen molar-refractivity contribution in [2.75, 3.05) is 0 Å². The molecule has 3 rings (SSSR count). The highest BCUT2D eigenvalue weighted by Crippen LogP contribution is 2.67. The summed E-state index contributed by atoms with van der Waals surface area (Å²) < 4.78 is 11.9. The summed E-state index contributed by atoms with van der Waals surface area (Å²) in [6.07, 6.45) is 7.60. The summed E-state index contributed by atoms with van der Waals surface area (Å²) in [5.41, 5.74) is 3.64. The topological polar surface area (TPSA) is 26.3 Å². The summed E-state index contributed by atoms with van der Waals surface area (Å²) in [6, 6.07) is 8.37. The van der Waals surface area contributed by atoms with Crippen LogP contribution < -0.4 is 11.0 Å². The summed E-state index contributed by atoms with van der Waals surface area (Å²) in [5, 5.41) is 0.719. The number of hydrogen-bond donors (Lipinski definition) is 0. The van der Waals surface area contributed by atoms with Gasteiger partial charge in [0, 0.05) is 7.92 Å². The normalized spacial score (nSPS) is 22.7. The molecule has 2 heterocycles. The smallest absolute Gasteiger partial charge is 0.133 e. The third-order valence-corrected chi connectivity index (χ3v) is 12.7.